The minimum atomic E-state index is -0.266. The Morgan fingerprint density at radius 3 is 3.00 bits per heavy atom. The molecule has 0 bridgehead atoms. The van der Waals surface area contributed by atoms with E-state index in [4.69, 9.17) is 15.2 Å². The number of carbonyl (C=O) groups is 1. The predicted octanol–water partition coefficient (Wildman–Crippen LogP) is -0.198. The van der Waals surface area contributed by atoms with Gasteiger partial charge in [0.1, 0.15) is 6.61 Å². The number of cyclic esters (lactones) is 1. The first kappa shape index (κ1) is 10.3. The molecule has 5 nitrogen and oxygen atoms in total. The molecule has 1 atom stereocenters. The number of rotatable bonds is 5. The zero-order valence-corrected chi connectivity index (χ0v) is 7.86. The summed E-state index contributed by atoms with van der Waals surface area (Å²) in [5.41, 5.74) is 5.48. The van der Waals surface area contributed by atoms with Crippen molar-refractivity contribution in [3.05, 3.63) is 0 Å². The number of carbonyl (C=O) groups excluding carboxylic acids is 1. The summed E-state index contributed by atoms with van der Waals surface area (Å²) in [6.45, 7) is 4.60. The molecule has 1 saturated heterocycles. The van der Waals surface area contributed by atoms with Gasteiger partial charge in [0, 0.05) is 13.2 Å². The molecule has 0 saturated carbocycles. The molecule has 1 unspecified atom stereocenters. The van der Waals surface area contributed by atoms with Gasteiger partial charge in [-0.2, -0.15) is 0 Å². The van der Waals surface area contributed by atoms with Crippen molar-refractivity contribution >= 4 is 6.09 Å². The van der Waals surface area contributed by atoms with Crippen molar-refractivity contribution in [3.63, 3.8) is 0 Å². The van der Waals surface area contributed by atoms with E-state index >= 15 is 0 Å². The van der Waals surface area contributed by atoms with Crippen LogP contribution < -0.4 is 5.73 Å². The maximum absolute atomic E-state index is 11.0. The summed E-state index contributed by atoms with van der Waals surface area (Å²) in [6.07, 6.45) is -0.339. The summed E-state index contributed by atoms with van der Waals surface area (Å²) in [5, 5.41) is 0. The van der Waals surface area contributed by atoms with E-state index in [-0.39, 0.29) is 12.2 Å². The lowest BCUT2D eigenvalue weighted by Gasteiger charge is -2.20. The molecule has 0 aromatic heterocycles. The van der Waals surface area contributed by atoms with Crippen LogP contribution in [0, 0.1) is 0 Å². The summed E-state index contributed by atoms with van der Waals surface area (Å²) in [7, 11) is 0. The molecule has 1 aliphatic rings. The van der Waals surface area contributed by atoms with Gasteiger partial charge in [0.15, 0.2) is 0 Å². The van der Waals surface area contributed by atoms with Crippen LogP contribution in [-0.4, -0.2) is 49.9 Å². The fraction of sp³-hybridized carbons (Fsp3) is 0.875. The first-order valence-corrected chi connectivity index (χ1v) is 4.51. The SMILES string of the molecule is CCOC(CN)CN1CCOC1=O. The summed E-state index contributed by atoms with van der Waals surface area (Å²) < 4.78 is 10.1. The highest BCUT2D eigenvalue weighted by atomic mass is 16.6. The van der Waals surface area contributed by atoms with Gasteiger partial charge in [-0.1, -0.05) is 0 Å². The van der Waals surface area contributed by atoms with E-state index in [1.807, 2.05) is 6.92 Å². The van der Waals surface area contributed by atoms with E-state index in [1.54, 1.807) is 4.90 Å². The van der Waals surface area contributed by atoms with Crippen molar-refractivity contribution in [1.29, 1.82) is 0 Å². The van der Waals surface area contributed by atoms with E-state index in [0.29, 0.717) is 32.8 Å². The average Bonchev–Trinajstić information content (AvgIpc) is 2.51. The number of hydrogen-bond acceptors (Lipinski definition) is 4. The number of ether oxygens (including phenoxy) is 2. The van der Waals surface area contributed by atoms with Gasteiger partial charge in [-0.05, 0) is 6.92 Å². The maximum Gasteiger partial charge on any atom is 0.410 e. The van der Waals surface area contributed by atoms with Gasteiger partial charge in [0.05, 0.1) is 19.2 Å². The molecule has 1 aliphatic heterocycles. The molecule has 1 amide bonds. The fourth-order valence-electron chi connectivity index (χ4n) is 1.27. The smallest absolute Gasteiger partial charge is 0.410 e. The Morgan fingerprint density at radius 1 is 1.77 bits per heavy atom. The Kier molecular flexibility index (Phi) is 3.98. The molecule has 0 aliphatic carbocycles. The minimum absolute atomic E-state index is 0.0735. The van der Waals surface area contributed by atoms with Crippen molar-refractivity contribution in [1.82, 2.24) is 4.90 Å². The van der Waals surface area contributed by atoms with Gasteiger partial charge < -0.3 is 20.1 Å². The zero-order valence-electron chi connectivity index (χ0n) is 7.86. The summed E-state index contributed by atoms with van der Waals surface area (Å²) >= 11 is 0. The summed E-state index contributed by atoms with van der Waals surface area (Å²) in [4.78, 5) is 12.7. The molecular formula is C8H16N2O3. The Labute approximate surface area is 77.8 Å². The Bertz CT molecular complexity index is 175. The highest BCUT2D eigenvalue weighted by Gasteiger charge is 2.24. The highest BCUT2D eigenvalue weighted by molar-refractivity contribution is 5.69. The quantitative estimate of drug-likeness (QED) is 0.649. The van der Waals surface area contributed by atoms with Crippen LogP contribution in [0.3, 0.4) is 0 Å². The Morgan fingerprint density at radius 2 is 2.54 bits per heavy atom. The molecule has 0 spiro atoms. The van der Waals surface area contributed by atoms with Crippen molar-refractivity contribution < 1.29 is 14.3 Å². The van der Waals surface area contributed by atoms with E-state index < -0.39 is 0 Å². The van der Waals surface area contributed by atoms with Crippen LogP contribution >= 0.6 is 0 Å². The average molecular weight is 188 g/mol. The second-order valence-corrected chi connectivity index (χ2v) is 2.87. The highest BCUT2D eigenvalue weighted by Crippen LogP contribution is 2.05. The third kappa shape index (κ3) is 2.86. The minimum Gasteiger partial charge on any atom is -0.448 e. The lowest BCUT2D eigenvalue weighted by Crippen LogP contribution is -2.38. The number of amides is 1. The van der Waals surface area contributed by atoms with Gasteiger partial charge in [-0.3, -0.25) is 0 Å². The van der Waals surface area contributed by atoms with E-state index in [1.165, 1.54) is 0 Å². The largest absolute Gasteiger partial charge is 0.448 e. The van der Waals surface area contributed by atoms with Gasteiger partial charge >= 0.3 is 6.09 Å². The van der Waals surface area contributed by atoms with E-state index in [9.17, 15) is 4.79 Å². The standard InChI is InChI=1S/C8H16N2O3/c1-2-12-7(5-9)6-10-3-4-13-8(10)11/h7H,2-6,9H2,1H3. The van der Waals surface area contributed by atoms with Crippen LogP contribution in [0.15, 0.2) is 0 Å². The molecule has 13 heavy (non-hydrogen) atoms. The predicted molar refractivity (Wildman–Crippen MR) is 47.4 cm³/mol. The van der Waals surface area contributed by atoms with Gasteiger partial charge in [0.2, 0.25) is 0 Å². The molecule has 1 fully saturated rings. The van der Waals surface area contributed by atoms with Crippen molar-refractivity contribution in [3.8, 4) is 0 Å². The van der Waals surface area contributed by atoms with Crippen LogP contribution in [0.25, 0.3) is 0 Å². The van der Waals surface area contributed by atoms with Crippen molar-refractivity contribution in [2.45, 2.75) is 13.0 Å². The zero-order chi connectivity index (χ0) is 9.68. The molecule has 2 N–H and O–H groups in total. The molecule has 1 heterocycles. The van der Waals surface area contributed by atoms with E-state index in [2.05, 4.69) is 0 Å². The van der Waals surface area contributed by atoms with Crippen LogP contribution in [0.1, 0.15) is 6.92 Å². The first-order chi connectivity index (χ1) is 6.27. The topological polar surface area (TPSA) is 64.8 Å². The first-order valence-electron chi connectivity index (χ1n) is 4.51. The molecular weight excluding hydrogens is 172 g/mol. The normalized spacial score (nSPS) is 18.9. The maximum atomic E-state index is 11.0. The molecule has 76 valence electrons. The lowest BCUT2D eigenvalue weighted by molar-refractivity contribution is 0.0487. The number of nitrogens with two attached hydrogens (primary N) is 1. The van der Waals surface area contributed by atoms with Crippen molar-refractivity contribution in [2.75, 3.05) is 32.8 Å². The molecule has 5 heteroatoms. The van der Waals surface area contributed by atoms with Gasteiger partial charge in [-0.15, -0.1) is 0 Å². The van der Waals surface area contributed by atoms with Crippen LogP contribution in [0.4, 0.5) is 4.79 Å². The summed E-state index contributed by atoms with van der Waals surface area (Å²) in [5.74, 6) is 0. The van der Waals surface area contributed by atoms with Crippen LogP contribution in [-0.2, 0) is 9.47 Å². The monoisotopic (exact) mass is 188 g/mol. The fourth-order valence-corrected chi connectivity index (χ4v) is 1.27. The van der Waals surface area contributed by atoms with Crippen molar-refractivity contribution in [2.24, 2.45) is 5.73 Å². The number of hydrogen-bond donors (Lipinski definition) is 1. The summed E-state index contributed by atoms with van der Waals surface area (Å²) in [6, 6.07) is 0. The van der Waals surface area contributed by atoms with E-state index in [0.717, 1.165) is 0 Å². The molecule has 0 aromatic rings. The van der Waals surface area contributed by atoms with Gasteiger partial charge in [0.25, 0.3) is 0 Å². The third-order valence-corrected chi connectivity index (χ3v) is 1.93. The third-order valence-electron chi connectivity index (χ3n) is 1.93. The van der Waals surface area contributed by atoms with Crippen LogP contribution in [0.5, 0.6) is 0 Å². The second-order valence-electron chi connectivity index (χ2n) is 2.87. The molecule has 0 aromatic carbocycles. The molecule has 1 rings (SSSR count). The Balaban J connectivity index is 2.31. The molecule has 0 radical (unpaired) electrons. The lowest BCUT2D eigenvalue weighted by atomic mass is 10.3. The Hall–Kier alpha value is -0.810. The van der Waals surface area contributed by atoms with Gasteiger partial charge in [-0.25, -0.2) is 4.79 Å². The number of nitrogens with zero attached hydrogens (tertiary/aromatic N) is 1. The second kappa shape index (κ2) is 5.04. The van der Waals surface area contributed by atoms with Crippen LogP contribution in [0.2, 0.25) is 0 Å².